The lowest BCUT2D eigenvalue weighted by Crippen LogP contribution is -1.77. The first-order valence-electron chi connectivity index (χ1n) is 3.30. The van der Waals surface area contributed by atoms with E-state index in [-0.39, 0.29) is 4.70 Å². The summed E-state index contributed by atoms with van der Waals surface area (Å²) in [6, 6.07) is 7.99. The Kier molecular flexibility index (Phi) is 2.60. The van der Waals surface area contributed by atoms with Crippen LogP contribution in [0.2, 0.25) is 0 Å². The molecule has 0 saturated heterocycles. The van der Waals surface area contributed by atoms with Crippen LogP contribution in [0.5, 0.6) is 5.19 Å². The van der Waals surface area contributed by atoms with Crippen LogP contribution in [-0.4, -0.2) is 12.1 Å². The Balaban J connectivity index is 0.000000720. The van der Waals surface area contributed by atoms with Gasteiger partial charge in [-0.2, -0.15) is 0 Å². The summed E-state index contributed by atoms with van der Waals surface area (Å²) >= 11 is 1.56. The van der Waals surface area contributed by atoms with E-state index in [1.165, 1.54) is 4.70 Å². The second kappa shape index (κ2) is 3.49. The minimum Gasteiger partial charge on any atom is -0.473 e. The molecule has 0 amide bonds. The summed E-state index contributed by atoms with van der Waals surface area (Å²) in [6.45, 7) is 0. The van der Waals surface area contributed by atoms with Crippen molar-refractivity contribution in [2.24, 2.45) is 0 Å². The number of benzene rings is 1. The zero-order valence-electron chi connectivity index (χ0n) is 6.48. The van der Waals surface area contributed by atoms with Gasteiger partial charge in [-0.25, -0.2) is 4.98 Å². The van der Waals surface area contributed by atoms with Gasteiger partial charge in [0.2, 0.25) is 0 Å². The topological polar surface area (TPSA) is 22.1 Å². The fourth-order valence-corrected chi connectivity index (χ4v) is 1.72. The average Bonchev–Trinajstić information content (AvgIpc) is 2.46. The van der Waals surface area contributed by atoms with Crippen molar-refractivity contribution in [2.45, 2.75) is 0 Å². The molecule has 0 fully saturated rings. The summed E-state index contributed by atoms with van der Waals surface area (Å²) in [5, 5.41) is 0.728. The van der Waals surface area contributed by atoms with Gasteiger partial charge in [-0.15, -0.1) is 0 Å². The van der Waals surface area contributed by atoms with Crippen molar-refractivity contribution in [3.8, 4) is 5.19 Å². The number of rotatable bonds is 1. The van der Waals surface area contributed by atoms with Crippen LogP contribution < -0.4 is 4.74 Å². The standard InChI is InChI=1S/C8H7NOS.FH/c1-10-8-9-6-4-2-3-5-7(6)11-8;/h2-5H,1H3;1H. The monoisotopic (exact) mass is 185 g/mol. The highest BCUT2D eigenvalue weighted by atomic mass is 32.1. The molecule has 4 heteroatoms. The Bertz CT molecular complexity index is 341. The minimum absolute atomic E-state index is 0. The van der Waals surface area contributed by atoms with Gasteiger partial charge in [0.1, 0.15) is 0 Å². The quantitative estimate of drug-likeness (QED) is 0.680. The number of thiazole rings is 1. The zero-order chi connectivity index (χ0) is 7.68. The Morgan fingerprint density at radius 1 is 1.33 bits per heavy atom. The first kappa shape index (κ1) is 8.93. The first-order chi connectivity index (χ1) is 5.40. The molecule has 0 bridgehead atoms. The van der Waals surface area contributed by atoms with Crippen LogP contribution in [0.1, 0.15) is 0 Å². The number of fused-ring (bicyclic) bond motifs is 1. The molecule has 0 N–H and O–H groups in total. The van der Waals surface area contributed by atoms with Crippen LogP contribution in [-0.2, 0) is 0 Å². The van der Waals surface area contributed by atoms with Gasteiger partial charge in [-0.05, 0) is 12.1 Å². The van der Waals surface area contributed by atoms with Crippen molar-refractivity contribution in [3.63, 3.8) is 0 Å². The van der Waals surface area contributed by atoms with E-state index in [2.05, 4.69) is 4.98 Å². The van der Waals surface area contributed by atoms with E-state index in [1.54, 1.807) is 18.4 Å². The number of nitrogens with zero attached hydrogens (tertiary/aromatic N) is 1. The van der Waals surface area contributed by atoms with Gasteiger partial charge in [0.25, 0.3) is 5.19 Å². The van der Waals surface area contributed by atoms with Gasteiger partial charge in [0, 0.05) is 0 Å². The van der Waals surface area contributed by atoms with Crippen LogP contribution in [0, 0.1) is 0 Å². The van der Waals surface area contributed by atoms with E-state index >= 15 is 0 Å². The normalized spacial score (nSPS) is 9.42. The van der Waals surface area contributed by atoms with E-state index in [0.717, 1.165) is 10.7 Å². The van der Waals surface area contributed by atoms with Crippen molar-refractivity contribution in [1.82, 2.24) is 4.98 Å². The highest BCUT2D eigenvalue weighted by molar-refractivity contribution is 7.20. The van der Waals surface area contributed by atoms with Gasteiger partial charge >= 0.3 is 0 Å². The first-order valence-corrected chi connectivity index (χ1v) is 4.11. The molecular formula is C8H8FNOS. The molecule has 1 aromatic carbocycles. The maximum Gasteiger partial charge on any atom is 0.274 e. The molecule has 64 valence electrons. The molecular weight excluding hydrogens is 177 g/mol. The lowest BCUT2D eigenvalue weighted by Gasteiger charge is -1.84. The molecule has 0 unspecified atom stereocenters. The van der Waals surface area contributed by atoms with Crippen LogP contribution in [0.4, 0.5) is 4.70 Å². The van der Waals surface area contributed by atoms with Crippen LogP contribution in [0.25, 0.3) is 10.2 Å². The molecule has 1 heterocycles. The van der Waals surface area contributed by atoms with Gasteiger partial charge in [-0.3, -0.25) is 4.70 Å². The minimum atomic E-state index is 0. The smallest absolute Gasteiger partial charge is 0.274 e. The Hall–Kier alpha value is -1.16. The molecule has 0 spiro atoms. The highest BCUT2D eigenvalue weighted by Crippen LogP contribution is 2.26. The summed E-state index contributed by atoms with van der Waals surface area (Å²) < 4.78 is 6.18. The summed E-state index contributed by atoms with van der Waals surface area (Å²) in [4.78, 5) is 4.23. The second-order valence-corrected chi connectivity index (χ2v) is 3.14. The Morgan fingerprint density at radius 2 is 2.08 bits per heavy atom. The third kappa shape index (κ3) is 1.38. The van der Waals surface area contributed by atoms with E-state index in [0.29, 0.717) is 0 Å². The number of halogens is 1. The largest absolute Gasteiger partial charge is 0.473 e. The summed E-state index contributed by atoms with van der Waals surface area (Å²) in [5.41, 5.74) is 1.01. The summed E-state index contributed by atoms with van der Waals surface area (Å²) in [5.74, 6) is 0. The van der Waals surface area contributed by atoms with Crippen molar-refractivity contribution in [2.75, 3.05) is 7.11 Å². The van der Waals surface area contributed by atoms with Gasteiger partial charge in [-0.1, -0.05) is 23.5 Å². The molecule has 0 atom stereocenters. The Labute approximate surface area is 73.2 Å². The predicted octanol–water partition coefficient (Wildman–Crippen LogP) is 2.46. The number of hydrogen-bond acceptors (Lipinski definition) is 3. The molecule has 0 radical (unpaired) electrons. The molecule has 0 aliphatic carbocycles. The van der Waals surface area contributed by atoms with Gasteiger partial charge < -0.3 is 4.74 Å². The molecule has 1 aromatic heterocycles. The number of aromatic nitrogens is 1. The van der Waals surface area contributed by atoms with Crippen molar-refractivity contribution >= 4 is 21.6 Å². The van der Waals surface area contributed by atoms with Gasteiger partial charge in [0.15, 0.2) is 0 Å². The fourth-order valence-electron chi connectivity index (χ4n) is 0.938. The summed E-state index contributed by atoms with van der Waals surface area (Å²) in [7, 11) is 1.64. The molecule has 0 aliphatic heterocycles. The molecule has 2 aromatic rings. The van der Waals surface area contributed by atoms with Crippen LogP contribution >= 0.6 is 11.3 Å². The van der Waals surface area contributed by atoms with Gasteiger partial charge in [0.05, 0.1) is 17.3 Å². The third-order valence-corrected chi connectivity index (χ3v) is 2.45. The van der Waals surface area contributed by atoms with E-state index in [1.807, 2.05) is 24.3 Å². The van der Waals surface area contributed by atoms with Crippen molar-refractivity contribution in [3.05, 3.63) is 24.3 Å². The van der Waals surface area contributed by atoms with Crippen molar-refractivity contribution < 1.29 is 9.44 Å². The molecule has 0 aliphatic rings. The highest BCUT2D eigenvalue weighted by Gasteiger charge is 2.00. The van der Waals surface area contributed by atoms with E-state index < -0.39 is 0 Å². The maximum atomic E-state index is 5.01. The lowest BCUT2D eigenvalue weighted by molar-refractivity contribution is 0.413. The number of para-hydroxylation sites is 1. The van der Waals surface area contributed by atoms with Crippen LogP contribution in [0.15, 0.2) is 24.3 Å². The van der Waals surface area contributed by atoms with Crippen LogP contribution in [0.3, 0.4) is 0 Å². The Morgan fingerprint density at radius 3 is 2.75 bits per heavy atom. The maximum absolute atomic E-state index is 5.01. The summed E-state index contributed by atoms with van der Waals surface area (Å²) in [6.07, 6.45) is 0. The molecule has 12 heavy (non-hydrogen) atoms. The second-order valence-electron chi connectivity index (χ2n) is 2.15. The SMILES string of the molecule is COc1nc2ccccc2s1.F. The average molecular weight is 185 g/mol. The van der Waals surface area contributed by atoms with E-state index in [4.69, 9.17) is 4.74 Å². The number of hydrogen-bond donors (Lipinski definition) is 0. The predicted molar refractivity (Wildman–Crippen MR) is 48.7 cm³/mol. The molecule has 2 rings (SSSR count). The fraction of sp³-hybridized carbons (Fsp3) is 0.125. The number of ether oxygens (including phenoxy) is 1. The number of methoxy groups -OCH3 is 1. The van der Waals surface area contributed by atoms with Crippen molar-refractivity contribution in [1.29, 1.82) is 0 Å². The molecule has 0 saturated carbocycles. The lowest BCUT2D eigenvalue weighted by atomic mass is 10.3. The van der Waals surface area contributed by atoms with E-state index in [9.17, 15) is 0 Å². The molecule has 2 nitrogen and oxygen atoms in total. The zero-order valence-corrected chi connectivity index (χ0v) is 7.30. The third-order valence-electron chi connectivity index (χ3n) is 1.45.